The summed E-state index contributed by atoms with van der Waals surface area (Å²) in [5, 5.41) is 2.96. The second-order valence-electron chi connectivity index (χ2n) is 8.45. The van der Waals surface area contributed by atoms with Crippen LogP contribution < -0.4 is 14.4 Å². The predicted octanol–water partition coefficient (Wildman–Crippen LogP) is 4.39. The van der Waals surface area contributed by atoms with Gasteiger partial charge in [0.1, 0.15) is 5.75 Å². The van der Waals surface area contributed by atoms with Crippen molar-refractivity contribution in [2.45, 2.75) is 51.2 Å². The Hall–Kier alpha value is -3.32. The fourth-order valence-corrected chi connectivity index (χ4v) is 5.64. The highest BCUT2D eigenvalue weighted by molar-refractivity contribution is 7.92. The van der Waals surface area contributed by atoms with Crippen LogP contribution in [0.1, 0.15) is 36.1 Å². The molecule has 1 heterocycles. The van der Waals surface area contributed by atoms with Crippen LogP contribution in [0.25, 0.3) is 0 Å². The average Bonchev–Trinajstić information content (AvgIpc) is 2.86. The van der Waals surface area contributed by atoms with Crippen LogP contribution in [0.15, 0.2) is 71.6 Å². The Bertz CT molecular complexity index is 1290. The third-order valence-corrected chi connectivity index (χ3v) is 7.91. The molecule has 0 saturated carbocycles. The van der Waals surface area contributed by atoms with Gasteiger partial charge in [-0.3, -0.25) is 9.10 Å². The monoisotopic (exact) mass is 478 g/mol. The van der Waals surface area contributed by atoms with Crippen LogP contribution in [0, 0.1) is 6.92 Å². The largest absolute Gasteiger partial charge is 0.476 e. The lowest BCUT2D eigenvalue weighted by Gasteiger charge is -2.35. The Labute approximate surface area is 201 Å². The van der Waals surface area contributed by atoms with Gasteiger partial charge in [-0.2, -0.15) is 0 Å². The van der Waals surface area contributed by atoms with E-state index in [1.165, 1.54) is 15.4 Å². The molecule has 1 aliphatic rings. The zero-order chi connectivity index (χ0) is 24.3. The third-order valence-electron chi connectivity index (χ3n) is 6.12. The van der Waals surface area contributed by atoms with Gasteiger partial charge in [0.2, 0.25) is 0 Å². The summed E-state index contributed by atoms with van der Waals surface area (Å²) in [6.07, 6.45) is 0.817. The number of hydrogen-bond donors (Lipinski definition) is 1. The highest BCUT2D eigenvalue weighted by atomic mass is 32.2. The molecule has 0 unspecified atom stereocenters. The van der Waals surface area contributed by atoms with Crippen LogP contribution >= 0.6 is 0 Å². The quantitative estimate of drug-likeness (QED) is 0.546. The number of fused-ring (bicyclic) bond motifs is 1. The van der Waals surface area contributed by atoms with E-state index in [1.54, 1.807) is 42.5 Å². The van der Waals surface area contributed by atoms with Crippen LogP contribution in [0.4, 0.5) is 5.69 Å². The molecular formula is C27H30N2O4S. The first kappa shape index (κ1) is 23.8. The van der Waals surface area contributed by atoms with E-state index < -0.39 is 16.1 Å². The first-order valence-electron chi connectivity index (χ1n) is 11.6. The number of benzene rings is 3. The zero-order valence-corrected chi connectivity index (χ0v) is 20.6. The summed E-state index contributed by atoms with van der Waals surface area (Å²) in [5.74, 6) is 0.0298. The van der Waals surface area contributed by atoms with Gasteiger partial charge in [0, 0.05) is 6.54 Å². The van der Waals surface area contributed by atoms with E-state index in [1.807, 2.05) is 13.0 Å². The van der Waals surface area contributed by atoms with Crippen LogP contribution in [0.5, 0.6) is 5.75 Å². The van der Waals surface area contributed by atoms with Crippen LogP contribution in [-0.2, 0) is 34.2 Å². The number of aryl methyl sites for hydroxylation is 3. The number of anilines is 1. The molecule has 3 aromatic rings. The van der Waals surface area contributed by atoms with Crippen molar-refractivity contribution in [3.05, 3.63) is 89.0 Å². The zero-order valence-electron chi connectivity index (χ0n) is 19.7. The number of carbonyl (C=O) groups is 1. The van der Waals surface area contributed by atoms with Gasteiger partial charge in [-0.15, -0.1) is 0 Å². The maximum absolute atomic E-state index is 13.5. The fourth-order valence-electron chi connectivity index (χ4n) is 4.15. The second kappa shape index (κ2) is 9.89. The molecule has 178 valence electrons. The minimum atomic E-state index is -3.87. The third kappa shape index (κ3) is 4.80. The number of hydrogen-bond acceptors (Lipinski definition) is 4. The maximum Gasteiger partial charge on any atom is 0.264 e. The molecule has 1 amide bonds. The van der Waals surface area contributed by atoms with Gasteiger partial charge in [-0.25, -0.2) is 8.42 Å². The van der Waals surface area contributed by atoms with Crippen LogP contribution in [0.2, 0.25) is 0 Å². The van der Waals surface area contributed by atoms with Crippen LogP contribution in [0.3, 0.4) is 0 Å². The Morgan fingerprint density at radius 1 is 1.00 bits per heavy atom. The summed E-state index contributed by atoms with van der Waals surface area (Å²) in [6.45, 7) is 6.33. The molecule has 6 nitrogen and oxygen atoms in total. The average molecular weight is 479 g/mol. The Morgan fingerprint density at radius 2 is 1.76 bits per heavy atom. The molecule has 0 fully saturated rings. The normalized spacial score (nSPS) is 15.4. The van der Waals surface area contributed by atoms with Gasteiger partial charge in [0.05, 0.1) is 17.1 Å². The number of sulfonamides is 1. The first-order chi connectivity index (χ1) is 16.3. The predicted molar refractivity (Wildman–Crippen MR) is 134 cm³/mol. The van der Waals surface area contributed by atoms with Crippen molar-refractivity contribution in [3.63, 3.8) is 0 Å². The maximum atomic E-state index is 13.5. The van der Waals surface area contributed by atoms with Crippen molar-refractivity contribution in [1.82, 2.24) is 5.32 Å². The summed E-state index contributed by atoms with van der Waals surface area (Å²) in [5.41, 5.74) is 4.80. The number of nitrogens with one attached hydrogen (secondary N) is 1. The molecule has 0 saturated heterocycles. The van der Waals surface area contributed by atoms with E-state index >= 15 is 0 Å². The molecule has 0 aliphatic carbocycles. The number of nitrogens with zero attached hydrogens (tertiary/aromatic N) is 1. The molecule has 1 atom stereocenters. The Morgan fingerprint density at radius 3 is 2.47 bits per heavy atom. The Kier molecular flexibility index (Phi) is 6.93. The standard InChI is InChI=1S/C27H30N2O4S/c1-4-20-12-13-21(5-2)22(16-20)17-28-27(30)26-18-29(24-15-19(3)11-14-25(24)33-26)34(31,32)23-9-7-6-8-10-23/h6-16,26H,4-5,17-18H2,1-3H3,(H,28,30)/t26-/m0/s1. The summed E-state index contributed by atoms with van der Waals surface area (Å²) in [4.78, 5) is 13.3. The minimum Gasteiger partial charge on any atom is -0.476 e. The number of rotatable bonds is 7. The summed E-state index contributed by atoms with van der Waals surface area (Å²) < 4.78 is 34.3. The highest BCUT2D eigenvalue weighted by Crippen LogP contribution is 2.37. The van der Waals surface area contributed by atoms with Crippen molar-refractivity contribution >= 4 is 21.6 Å². The molecule has 0 aromatic heterocycles. The number of amides is 1. The summed E-state index contributed by atoms with van der Waals surface area (Å²) >= 11 is 0. The molecule has 0 bridgehead atoms. The topological polar surface area (TPSA) is 75.7 Å². The van der Waals surface area contributed by atoms with Crippen molar-refractivity contribution in [2.75, 3.05) is 10.8 Å². The lowest BCUT2D eigenvalue weighted by Crippen LogP contribution is -2.50. The molecule has 4 rings (SSSR count). The van der Waals surface area contributed by atoms with Gasteiger partial charge in [-0.05, 0) is 66.3 Å². The van der Waals surface area contributed by atoms with Crippen LogP contribution in [-0.4, -0.2) is 27.0 Å². The summed E-state index contributed by atoms with van der Waals surface area (Å²) in [7, 11) is -3.87. The van der Waals surface area contributed by atoms with Crippen molar-refractivity contribution in [1.29, 1.82) is 0 Å². The highest BCUT2D eigenvalue weighted by Gasteiger charge is 2.37. The number of ether oxygens (including phenoxy) is 1. The lowest BCUT2D eigenvalue weighted by atomic mass is 10.0. The fraction of sp³-hybridized carbons (Fsp3) is 0.296. The molecule has 0 radical (unpaired) electrons. The summed E-state index contributed by atoms with van der Waals surface area (Å²) in [6, 6.07) is 19.9. The first-order valence-corrected chi connectivity index (χ1v) is 13.0. The molecule has 0 spiro atoms. The molecule has 7 heteroatoms. The van der Waals surface area contributed by atoms with Gasteiger partial charge in [0.25, 0.3) is 15.9 Å². The molecule has 34 heavy (non-hydrogen) atoms. The SMILES string of the molecule is CCc1ccc(CC)c(CNC(=O)[C@@H]2CN(S(=O)(=O)c3ccccc3)c3cc(C)ccc3O2)c1. The lowest BCUT2D eigenvalue weighted by molar-refractivity contribution is -0.127. The van der Waals surface area contributed by atoms with E-state index in [4.69, 9.17) is 4.74 Å². The van der Waals surface area contributed by atoms with E-state index in [-0.39, 0.29) is 17.3 Å². The van der Waals surface area contributed by atoms with Gasteiger partial charge >= 0.3 is 0 Å². The second-order valence-corrected chi connectivity index (χ2v) is 10.3. The molecule has 1 N–H and O–H groups in total. The smallest absolute Gasteiger partial charge is 0.264 e. The molecule has 3 aromatic carbocycles. The Balaban J connectivity index is 1.60. The van der Waals surface area contributed by atoms with E-state index in [9.17, 15) is 13.2 Å². The van der Waals surface area contributed by atoms with E-state index in [0.717, 1.165) is 24.0 Å². The van der Waals surface area contributed by atoms with Gasteiger partial charge < -0.3 is 10.1 Å². The van der Waals surface area contributed by atoms with E-state index in [0.29, 0.717) is 18.0 Å². The molecular weight excluding hydrogens is 448 g/mol. The van der Waals surface area contributed by atoms with Gasteiger partial charge in [-0.1, -0.05) is 56.3 Å². The van der Waals surface area contributed by atoms with Crippen molar-refractivity contribution in [2.24, 2.45) is 0 Å². The molecule has 1 aliphatic heterocycles. The minimum absolute atomic E-state index is 0.102. The van der Waals surface area contributed by atoms with Crippen molar-refractivity contribution < 1.29 is 17.9 Å². The van der Waals surface area contributed by atoms with Crippen molar-refractivity contribution in [3.8, 4) is 5.75 Å². The van der Waals surface area contributed by atoms with Gasteiger partial charge in [0.15, 0.2) is 6.10 Å². The van der Waals surface area contributed by atoms with E-state index in [2.05, 4.69) is 37.4 Å². The number of carbonyl (C=O) groups excluding carboxylic acids is 1.